The van der Waals surface area contributed by atoms with Gasteiger partial charge in [0.15, 0.2) is 0 Å². The van der Waals surface area contributed by atoms with Crippen molar-refractivity contribution in [2.45, 2.75) is 0 Å². The van der Waals surface area contributed by atoms with Crippen molar-refractivity contribution >= 4 is 309 Å². The molecule has 0 heterocycles. The summed E-state index contributed by atoms with van der Waals surface area (Å²) in [6.45, 7) is 86.2. The molecule has 151 valence electrons. The second-order valence-corrected chi connectivity index (χ2v) is 8.84. The van der Waals surface area contributed by atoms with Crippen molar-refractivity contribution in [1.29, 1.82) is 0 Å². The summed E-state index contributed by atoms with van der Waals surface area (Å²) in [5, 5.41) is 0. The van der Waals surface area contributed by atoms with E-state index in [9.17, 15) is 0 Å². The molecule has 0 saturated heterocycles. The molecule has 47 heteroatoms. The molecule has 0 atom stereocenters. The summed E-state index contributed by atoms with van der Waals surface area (Å²) in [5.74, 6) is 0. The third kappa shape index (κ3) is 48.8. The van der Waals surface area contributed by atoms with E-state index in [-0.39, 0.29) is 0 Å². The fraction of sp³-hybridized carbons (Fsp3) is 1.00. The van der Waals surface area contributed by atoms with Crippen LogP contribution in [-0.2, 0) is 4.65 Å². The van der Waals surface area contributed by atoms with Gasteiger partial charge in [0.2, 0.25) is 0 Å². The summed E-state index contributed by atoms with van der Waals surface area (Å²) in [5.41, 5.74) is 0. The molecule has 1 radical (unpaired) electrons. The Balaban J connectivity index is 4.04. The van der Waals surface area contributed by atoms with Crippen molar-refractivity contribution in [2.24, 2.45) is 0 Å². The molecular formula is CH3B46O. The third-order valence-corrected chi connectivity index (χ3v) is 4.99. The summed E-state index contributed by atoms with van der Waals surface area (Å²) in [6.07, 6.45) is 0. The fourth-order valence-corrected chi connectivity index (χ4v) is 2.82. The number of hydrogen-bond donors (Lipinski definition) is 0. The molecule has 0 aromatic carbocycles. The minimum absolute atomic E-state index is 1.50. The third-order valence-electron chi connectivity index (χ3n) is 4.99. The Labute approximate surface area is 318 Å². The fourth-order valence-electron chi connectivity index (χ4n) is 2.82. The van der Waals surface area contributed by atoms with Crippen LogP contribution in [0.25, 0.3) is 0 Å². The topological polar surface area (TPSA) is 9.23 Å². The first-order valence-corrected chi connectivity index (χ1v) is 15.6. The Kier molecular flexibility index (Phi) is 52.7. The molecule has 0 spiro atoms. The van der Waals surface area contributed by atoms with Crippen LogP contribution in [0.1, 0.15) is 0 Å². The summed E-state index contributed by atoms with van der Waals surface area (Å²) in [6, 6.07) is 0. The normalized spacial score (nSPS) is 7.67. The standard InChI is InChI=1S/CH3B46O/c1-48-47-46-45-44-43-42-41-40-39-38-37-36-35-34-33-32-31-30-29-28-27-26-25-24-23-22-21-20-19-18-17-16-15-14-13-12-11-10-9-8-7-6-5-4-3-2/h1H3. The van der Waals surface area contributed by atoms with Gasteiger partial charge in [0.05, 0.1) is 0 Å². The molecular weight excluding hydrogens is 525 g/mol. The molecule has 0 rings (SSSR count). The molecule has 48 heavy (non-hydrogen) atoms. The van der Waals surface area contributed by atoms with E-state index in [2.05, 4.69) is 0 Å². The van der Waals surface area contributed by atoms with Crippen molar-refractivity contribution in [1.82, 2.24) is 0 Å². The van der Waals surface area contributed by atoms with Gasteiger partial charge in [0.1, 0.15) is 0 Å². The van der Waals surface area contributed by atoms with Crippen molar-refractivity contribution in [3.05, 3.63) is 0 Å². The van der Waals surface area contributed by atoms with Crippen LogP contribution >= 0.6 is 0 Å². The van der Waals surface area contributed by atoms with Crippen LogP contribution < -0.4 is 0 Å². The molecule has 0 saturated carbocycles. The second-order valence-electron chi connectivity index (χ2n) is 8.84. The van der Waals surface area contributed by atoms with Crippen LogP contribution in [0.2, 0.25) is 0 Å². The predicted molar refractivity (Wildman–Crippen MR) is 272 cm³/mol. The molecule has 0 unspecified atom stereocenters. The van der Waals surface area contributed by atoms with Crippen LogP contribution in [-0.4, -0.2) is 316 Å². The van der Waals surface area contributed by atoms with Crippen LogP contribution in [0.4, 0.5) is 0 Å². The molecule has 0 aliphatic rings. The van der Waals surface area contributed by atoms with Gasteiger partial charge in [0, 0.05) is 0 Å². The quantitative estimate of drug-likeness (QED) is 0.120. The summed E-state index contributed by atoms with van der Waals surface area (Å²) in [4.78, 5) is 0. The SMILES string of the molecule is [B]=BB=BB=BB=BB=BB=BB=BB=BB=BB=BB=BB=BB=BB=BB=BB=BB=BB=BB=BB=BB=BB=BB=BOC. The number of rotatable bonds is 23. The van der Waals surface area contributed by atoms with E-state index in [4.69, 9.17) is 12.0 Å². The van der Waals surface area contributed by atoms with Gasteiger partial charge in [0.25, 0.3) is 0 Å². The van der Waals surface area contributed by atoms with E-state index in [1.54, 1.807) is 20.8 Å². The van der Waals surface area contributed by atoms with E-state index in [1.165, 1.54) is 6.69 Å². The summed E-state index contributed by atoms with van der Waals surface area (Å²) >= 11 is 0. The van der Waals surface area contributed by atoms with Crippen molar-refractivity contribution in [3.63, 3.8) is 0 Å². The molecule has 0 amide bonds. The van der Waals surface area contributed by atoms with E-state index >= 15 is 0 Å². The molecule has 0 fully saturated rings. The van der Waals surface area contributed by atoms with Crippen molar-refractivity contribution in [3.8, 4) is 0 Å². The average Bonchev–Trinajstić information content (AvgIpc) is 3.10. The molecule has 0 aromatic rings. The van der Waals surface area contributed by atoms with E-state index in [0.29, 0.717) is 0 Å². The van der Waals surface area contributed by atoms with Gasteiger partial charge in [-0.15, -0.1) is 0 Å². The molecule has 0 N–H and O–H groups in total. The van der Waals surface area contributed by atoms with Gasteiger partial charge in [-0.05, 0) is 0 Å². The first-order chi connectivity index (χ1) is 23.9. The Morgan fingerprint density at radius 1 is 0.208 bits per heavy atom. The Hall–Kier alpha value is 2.79. The van der Waals surface area contributed by atoms with Crippen LogP contribution in [0, 0.1) is 0 Å². The van der Waals surface area contributed by atoms with Gasteiger partial charge in [-0.3, -0.25) is 0 Å². The van der Waals surface area contributed by atoms with Crippen LogP contribution in [0.3, 0.4) is 0 Å². The molecule has 1 nitrogen and oxygen atoms in total. The summed E-state index contributed by atoms with van der Waals surface area (Å²) in [7, 11) is 8.50. The Morgan fingerprint density at radius 2 is 0.333 bits per heavy atom. The summed E-state index contributed by atoms with van der Waals surface area (Å²) < 4.78 is 4.81. The Morgan fingerprint density at radius 3 is 0.458 bits per heavy atom. The predicted octanol–water partition coefficient (Wildman–Crippen LogP) is -17.4. The van der Waals surface area contributed by atoms with Crippen LogP contribution in [0.5, 0.6) is 0 Å². The molecule has 0 aliphatic heterocycles. The van der Waals surface area contributed by atoms with Gasteiger partial charge in [-0.25, -0.2) is 0 Å². The number of hydrogen-bond acceptors (Lipinski definition) is 1. The average molecular weight is 528 g/mol. The maximum atomic E-state index is 5.25. The molecule has 0 bridgehead atoms. The zero-order valence-electron chi connectivity index (χ0n) is 28.0. The molecule has 0 aliphatic carbocycles. The first kappa shape index (κ1) is 50.8. The van der Waals surface area contributed by atoms with Gasteiger partial charge < -0.3 is 0 Å². The van der Waals surface area contributed by atoms with E-state index in [0.717, 1.165) is 0 Å². The second kappa shape index (κ2) is 49.8. The minimum atomic E-state index is 1.50. The zero-order chi connectivity index (χ0) is 34.5. The van der Waals surface area contributed by atoms with Gasteiger partial charge in [-0.2, -0.15) is 0 Å². The molecule has 0 aromatic heterocycles. The van der Waals surface area contributed by atoms with Gasteiger partial charge >= 0.3 is 321 Å². The van der Waals surface area contributed by atoms with Crippen molar-refractivity contribution < 1.29 is 4.65 Å². The van der Waals surface area contributed by atoms with E-state index < -0.39 is 0 Å². The van der Waals surface area contributed by atoms with Crippen molar-refractivity contribution in [2.75, 3.05) is 7.11 Å². The maximum absolute atomic E-state index is 5.25. The zero-order valence-corrected chi connectivity index (χ0v) is 28.0. The van der Waals surface area contributed by atoms with E-state index in [1.807, 2.05) is 281 Å². The van der Waals surface area contributed by atoms with Crippen LogP contribution in [0.15, 0.2) is 0 Å². The monoisotopic (exact) mass is 537 g/mol. The van der Waals surface area contributed by atoms with Gasteiger partial charge in [-0.1, -0.05) is 0 Å². The Bertz CT molecular complexity index is 1480. The first-order valence-electron chi connectivity index (χ1n) is 15.6.